The highest BCUT2D eigenvalue weighted by Crippen LogP contribution is 2.17. The van der Waals surface area contributed by atoms with Crippen molar-refractivity contribution in [2.24, 2.45) is 0 Å². The Kier molecular flexibility index (Phi) is 5.20. The van der Waals surface area contributed by atoms with Crippen LogP contribution in [0.15, 0.2) is 60.9 Å². The van der Waals surface area contributed by atoms with Gasteiger partial charge in [-0.05, 0) is 15.9 Å². The summed E-state index contributed by atoms with van der Waals surface area (Å²) in [5.74, 6) is -0.963. The average molecular weight is 295 g/mol. The maximum absolute atomic E-state index is 10.8. The summed E-state index contributed by atoms with van der Waals surface area (Å²) in [4.78, 5) is 10.8. The third kappa shape index (κ3) is 3.47. The SMILES string of the molecule is CC.O=C(O)c1cc[n+](Cc2cccc3ccccc23)nc1. The van der Waals surface area contributed by atoms with Crippen molar-refractivity contribution in [3.05, 3.63) is 72.1 Å². The smallest absolute Gasteiger partial charge is 0.337 e. The molecule has 1 aromatic heterocycles. The Balaban J connectivity index is 0.000000847. The van der Waals surface area contributed by atoms with Crippen LogP contribution in [0.4, 0.5) is 0 Å². The minimum absolute atomic E-state index is 0.194. The van der Waals surface area contributed by atoms with Gasteiger partial charge >= 0.3 is 5.97 Å². The van der Waals surface area contributed by atoms with Crippen molar-refractivity contribution in [3.8, 4) is 0 Å². The van der Waals surface area contributed by atoms with Crippen LogP contribution in [0.25, 0.3) is 10.8 Å². The second-order valence-electron chi connectivity index (χ2n) is 4.56. The van der Waals surface area contributed by atoms with E-state index in [0.717, 1.165) is 5.56 Å². The Labute approximate surface area is 129 Å². The largest absolute Gasteiger partial charge is 0.478 e. The van der Waals surface area contributed by atoms with Crippen molar-refractivity contribution in [1.29, 1.82) is 0 Å². The first kappa shape index (κ1) is 15.6. The molecule has 0 atom stereocenters. The van der Waals surface area contributed by atoms with E-state index in [1.165, 1.54) is 17.0 Å². The highest BCUT2D eigenvalue weighted by atomic mass is 16.4. The number of carboxylic acid groups (broad SMARTS) is 1. The van der Waals surface area contributed by atoms with Gasteiger partial charge in [-0.3, -0.25) is 0 Å². The summed E-state index contributed by atoms with van der Waals surface area (Å²) in [6.45, 7) is 4.61. The van der Waals surface area contributed by atoms with Gasteiger partial charge in [0.05, 0.1) is 5.56 Å². The quantitative estimate of drug-likeness (QED) is 0.754. The first-order valence-electron chi connectivity index (χ1n) is 7.30. The number of hydrogen-bond acceptors (Lipinski definition) is 2. The van der Waals surface area contributed by atoms with E-state index in [1.54, 1.807) is 16.9 Å². The molecule has 4 nitrogen and oxygen atoms in total. The summed E-state index contributed by atoms with van der Waals surface area (Å²) in [6, 6.07) is 15.9. The molecule has 0 aliphatic rings. The standard InChI is InChI=1S/C16H12N2O2.C2H6/c19-16(20)13-8-9-18(17-10-13)11-14-6-3-5-12-4-1-2-7-15(12)14;1-2/h1-10H,11H2;1-2H3/p+1. The van der Waals surface area contributed by atoms with Crippen LogP contribution in [0.3, 0.4) is 0 Å². The fourth-order valence-corrected chi connectivity index (χ4v) is 2.21. The number of aromatic nitrogens is 2. The minimum Gasteiger partial charge on any atom is -0.478 e. The molecule has 0 bridgehead atoms. The summed E-state index contributed by atoms with van der Waals surface area (Å²) in [5.41, 5.74) is 1.35. The fraction of sp³-hybridized carbons (Fsp3) is 0.167. The average Bonchev–Trinajstić information content (AvgIpc) is 2.57. The van der Waals surface area contributed by atoms with Gasteiger partial charge in [0.2, 0.25) is 0 Å². The monoisotopic (exact) mass is 295 g/mol. The molecule has 3 rings (SSSR count). The predicted molar refractivity (Wildman–Crippen MR) is 85.8 cm³/mol. The van der Waals surface area contributed by atoms with E-state index >= 15 is 0 Å². The second-order valence-corrected chi connectivity index (χ2v) is 4.56. The molecule has 112 valence electrons. The van der Waals surface area contributed by atoms with E-state index in [-0.39, 0.29) is 5.56 Å². The molecule has 0 aliphatic heterocycles. The van der Waals surface area contributed by atoms with Crippen LogP contribution in [0, 0.1) is 0 Å². The topological polar surface area (TPSA) is 54.1 Å². The van der Waals surface area contributed by atoms with Gasteiger partial charge in [0.25, 0.3) is 0 Å². The summed E-state index contributed by atoms with van der Waals surface area (Å²) >= 11 is 0. The summed E-state index contributed by atoms with van der Waals surface area (Å²) in [5, 5.41) is 15.4. The maximum Gasteiger partial charge on any atom is 0.337 e. The number of nitrogens with zero attached hydrogens (tertiary/aromatic N) is 2. The van der Waals surface area contributed by atoms with Crippen LogP contribution >= 0.6 is 0 Å². The Morgan fingerprint density at radius 3 is 2.50 bits per heavy atom. The van der Waals surface area contributed by atoms with Crippen LogP contribution in [0.2, 0.25) is 0 Å². The normalized spacial score (nSPS) is 9.91. The molecule has 0 spiro atoms. The molecule has 22 heavy (non-hydrogen) atoms. The molecule has 2 aromatic carbocycles. The molecule has 0 fully saturated rings. The van der Waals surface area contributed by atoms with Gasteiger partial charge in [0.1, 0.15) is 6.20 Å². The molecule has 1 heterocycles. The van der Waals surface area contributed by atoms with Crippen molar-refractivity contribution in [2.75, 3.05) is 0 Å². The van der Waals surface area contributed by atoms with E-state index in [9.17, 15) is 4.79 Å². The number of rotatable bonds is 3. The van der Waals surface area contributed by atoms with Gasteiger partial charge in [-0.2, -0.15) is 0 Å². The summed E-state index contributed by atoms with van der Waals surface area (Å²) in [6.07, 6.45) is 3.05. The zero-order chi connectivity index (χ0) is 15.9. The third-order valence-corrected chi connectivity index (χ3v) is 3.23. The van der Waals surface area contributed by atoms with E-state index < -0.39 is 5.97 Å². The lowest BCUT2D eigenvalue weighted by atomic mass is 10.0. The summed E-state index contributed by atoms with van der Waals surface area (Å²) < 4.78 is 1.73. The van der Waals surface area contributed by atoms with Crippen molar-refractivity contribution in [3.63, 3.8) is 0 Å². The highest BCUT2D eigenvalue weighted by molar-refractivity contribution is 5.87. The number of benzene rings is 2. The first-order chi connectivity index (χ1) is 10.7. The first-order valence-corrected chi connectivity index (χ1v) is 7.30. The summed E-state index contributed by atoms with van der Waals surface area (Å²) in [7, 11) is 0. The van der Waals surface area contributed by atoms with Crippen molar-refractivity contribution in [2.45, 2.75) is 20.4 Å². The molecular weight excluding hydrogens is 276 g/mol. The van der Waals surface area contributed by atoms with Crippen molar-refractivity contribution >= 4 is 16.7 Å². The van der Waals surface area contributed by atoms with Crippen molar-refractivity contribution in [1.82, 2.24) is 5.10 Å². The zero-order valence-electron chi connectivity index (χ0n) is 12.7. The Morgan fingerprint density at radius 2 is 1.82 bits per heavy atom. The van der Waals surface area contributed by atoms with Crippen LogP contribution < -0.4 is 4.68 Å². The lowest BCUT2D eigenvalue weighted by molar-refractivity contribution is -0.746. The lowest BCUT2D eigenvalue weighted by Crippen LogP contribution is -2.38. The zero-order valence-corrected chi connectivity index (χ0v) is 12.7. The molecule has 0 amide bonds. The van der Waals surface area contributed by atoms with Gasteiger partial charge < -0.3 is 5.11 Å². The molecule has 1 N–H and O–H groups in total. The number of hydrogen-bond donors (Lipinski definition) is 1. The second kappa shape index (κ2) is 7.31. The van der Waals surface area contributed by atoms with Gasteiger partial charge in [0.15, 0.2) is 12.7 Å². The molecule has 0 aliphatic carbocycles. The van der Waals surface area contributed by atoms with E-state index in [0.29, 0.717) is 6.54 Å². The number of fused-ring (bicyclic) bond motifs is 1. The highest BCUT2D eigenvalue weighted by Gasteiger charge is 2.10. The Morgan fingerprint density at radius 1 is 1.09 bits per heavy atom. The lowest BCUT2D eigenvalue weighted by Gasteiger charge is -2.02. The number of carbonyl (C=O) groups is 1. The Bertz CT molecular complexity index is 762. The van der Waals surface area contributed by atoms with Crippen molar-refractivity contribution < 1.29 is 14.6 Å². The molecule has 0 saturated carbocycles. The molecule has 0 radical (unpaired) electrons. The van der Waals surface area contributed by atoms with E-state index in [1.807, 2.05) is 32.0 Å². The molecule has 4 heteroatoms. The van der Waals surface area contributed by atoms with E-state index in [4.69, 9.17) is 5.11 Å². The Hall–Kier alpha value is -2.75. The van der Waals surface area contributed by atoms with Gasteiger partial charge in [-0.1, -0.05) is 61.0 Å². The molecule has 0 saturated heterocycles. The van der Waals surface area contributed by atoms with Crippen LogP contribution in [-0.4, -0.2) is 16.2 Å². The number of aromatic carboxylic acids is 1. The molecule has 3 aromatic rings. The third-order valence-electron chi connectivity index (χ3n) is 3.23. The van der Waals surface area contributed by atoms with E-state index in [2.05, 4.69) is 29.4 Å². The van der Waals surface area contributed by atoms with Gasteiger partial charge in [-0.15, -0.1) is 0 Å². The maximum atomic E-state index is 10.8. The van der Waals surface area contributed by atoms with Crippen LogP contribution in [0.1, 0.15) is 29.8 Å². The minimum atomic E-state index is -0.963. The van der Waals surface area contributed by atoms with Gasteiger partial charge in [0, 0.05) is 11.6 Å². The van der Waals surface area contributed by atoms with Crippen LogP contribution in [-0.2, 0) is 6.54 Å². The van der Waals surface area contributed by atoms with Gasteiger partial charge in [-0.25, -0.2) is 4.79 Å². The van der Waals surface area contributed by atoms with Crippen LogP contribution in [0.5, 0.6) is 0 Å². The number of carboxylic acids is 1. The molecular formula is C18H19N2O2+. The predicted octanol–water partition coefficient (Wildman–Crippen LogP) is 3.30. The molecule has 0 unspecified atom stereocenters. The fourth-order valence-electron chi connectivity index (χ4n) is 2.21.